The van der Waals surface area contributed by atoms with Crippen molar-refractivity contribution in [2.24, 2.45) is 0 Å². The predicted molar refractivity (Wildman–Crippen MR) is 79.2 cm³/mol. The van der Waals surface area contributed by atoms with Crippen molar-refractivity contribution in [2.75, 3.05) is 17.7 Å². The lowest BCUT2D eigenvalue weighted by molar-refractivity contribution is 0.610. The highest BCUT2D eigenvalue weighted by atomic mass is 16.3. The maximum Gasteiger partial charge on any atom is 0.134 e. The van der Waals surface area contributed by atoms with Crippen LogP contribution in [0.2, 0.25) is 0 Å². The number of hydrogen-bond acceptors (Lipinski definition) is 3. The molecule has 96 valence electrons. The number of nitrogen functional groups attached to an aromatic ring is 1. The molecule has 2 N–H and O–H groups in total. The molecule has 2 aromatic carbocycles. The smallest absolute Gasteiger partial charge is 0.134 e. The second-order valence-electron chi connectivity index (χ2n) is 4.67. The highest BCUT2D eigenvalue weighted by molar-refractivity contribution is 5.81. The summed E-state index contributed by atoms with van der Waals surface area (Å²) < 4.78 is 5.56. The number of furan rings is 1. The van der Waals surface area contributed by atoms with Crippen molar-refractivity contribution in [1.82, 2.24) is 0 Å². The van der Waals surface area contributed by atoms with E-state index in [4.69, 9.17) is 10.2 Å². The summed E-state index contributed by atoms with van der Waals surface area (Å²) in [6.07, 6.45) is 1.82. The lowest BCUT2D eigenvalue weighted by Gasteiger charge is -2.20. The Labute approximate surface area is 112 Å². The minimum atomic E-state index is 0.769. The third-order valence-corrected chi connectivity index (χ3v) is 3.32. The summed E-state index contributed by atoms with van der Waals surface area (Å²) in [7, 11) is 2.04. The zero-order chi connectivity index (χ0) is 13.2. The second kappa shape index (κ2) is 4.69. The first-order chi connectivity index (χ1) is 9.25. The van der Waals surface area contributed by atoms with Gasteiger partial charge in [0.1, 0.15) is 5.58 Å². The van der Waals surface area contributed by atoms with Gasteiger partial charge in [0.05, 0.1) is 17.6 Å². The number of hydrogen-bond donors (Lipinski definition) is 1. The van der Waals surface area contributed by atoms with Crippen LogP contribution in [0.1, 0.15) is 5.56 Å². The average Bonchev–Trinajstić information content (AvgIpc) is 2.83. The topological polar surface area (TPSA) is 42.4 Å². The molecule has 0 unspecified atom stereocenters. The van der Waals surface area contributed by atoms with E-state index in [1.807, 2.05) is 55.8 Å². The van der Waals surface area contributed by atoms with E-state index in [0.717, 1.165) is 28.9 Å². The molecule has 0 fully saturated rings. The van der Waals surface area contributed by atoms with Crippen LogP contribution in [0.4, 0.5) is 11.4 Å². The SMILES string of the molecule is CN(Cc1coc2ccccc12)c1ccccc1N. The maximum absolute atomic E-state index is 6.00. The molecule has 19 heavy (non-hydrogen) atoms. The van der Waals surface area contributed by atoms with Crippen LogP contribution in [0.3, 0.4) is 0 Å². The standard InChI is InChI=1S/C16H16N2O/c1-18(15-8-4-3-7-14(15)17)10-12-11-19-16-9-5-2-6-13(12)16/h2-9,11H,10,17H2,1H3. The summed E-state index contributed by atoms with van der Waals surface area (Å²) in [4.78, 5) is 2.13. The number of para-hydroxylation sites is 3. The van der Waals surface area contributed by atoms with E-state index in [1.54, 1.807) is 0 Å². The van der Waals surface area contributed by atoms with Gasteiger partial charge < -0.3 is 15.1 Å². The van der Waals surface area contributed by atoms with E-state index in [2.05, 4.69) is 11.0 Å². The first-order valence-corrected chi connectivity index (χ1v) is 6.26. The van der Waals surface area contributed by atoms with Gasteiger partial charge in [-0.15, -0.1) is 0 Å². The summed E-state index contributed by atoms with van der Waals surface area (Å²) in [6.45, 7) is 0.769. The van der Waals surface area contributed by atoms with Gasteiger partial charge in [-0.1, -0.05) is 30.3 Å². The highest BCUT2D eigenvalue weighted by Gasteiger charge is 2.09. The Morgan fingerprint density at radius 3 is 2.63 bits per heavy atom. The fraction of sp³-hybridized carbons (Fsp3) is 0.125. The summed E-state index contributed by atoms with van der Waals surface area (Å²) >= 11 is 0. The number of anilines is 2. The number of fused-ring (bicyclic) bond motifs is 1. The van der Waals surface area contributed by atoms with E-state index in [9.17, 15) is 0 Å². The van der Waals surface area contributed by atoms with Crippen molar-refractivity contribution in [3.8, 4) is 0 Å². The third kappa shape index (κ3) is 2.15. The fourth-order valence-corrected chi connectivity index (χ4v) is 2.33. The zero-order valence-corrected chi connectivity index (χ0v) is 10.8. The van der Waals surface area contributed by atoms with Crippen LogP contribution in [0.25, 0.3) is 11.0 Å². The summed E-state index contributed by atoms with van der Waals surface area (Å²) in [5, 5.41) is 1.16. The lowest BCUT2D eigenvalue weighted by atomic mass is 10.1. The van der Waals surface area contributed by atoms with E-state index in [-0.39, 0.29) is 0 Å². The van der Waals surface area contributed by atoms with Crippen molar-refractivity contribution in [3.05, 3.63) is 60.4 Å². The van der Waals surface area contributed by atoms with Crippen molar-refractivity contribution >= 4 is 22.3 Å². The third-order valence-electron chi connectivity index (χ3n) is 3.32. The number of benzene rings is 2. The van der Waals surface area contributed by atoms with Gasteiger partial charge in [0.25, 0.3) is 0 Å². The summed E-state index contributed by atoms with van der Waals surface area (Å²) in [5.41, 5.74) is 9.91. The zero-order valence-electron chi connectivity index (χ0n) is 10.8. The Balaban J connectivity index is 1.91. The average molecular weight is 252 g/mol. The molecule has 0 aliphatic carbocycles. The van der Waals surface area contributed by atoms with Gasteiger partial charge in [-0.3, -0.25) is 0 Å². The molecule has 3 aromatic rings. The Bertz CT molecular complexity index is 703. The summed E-state index contributed by atoms with van der Waals surface area (Å²) in [5.74, 6) is 0. The van der Waals surface area contributed by atoms with Crippen LogP contribution in [-0.2, 0) is 6.54 Å². The molecular weight excluding hydrogens is 236 g/mol. The molecule has 0 spiro atoms. The van der Waals surface area contributed by atoms with E-state index in [0.29, 0.717) is 0 Å². The predicted octanol–water partition coefficient (Wildman–Crippen LogP) is 3.65. The largest absolute Gasteiger partial charge is 0.464 e. The molecule has 0 radical (unpaired) electrons. The molecule has 0 saturated carbocycles. The van der Waals surface area contributed by atoms with Gasteiger partial charge in [0, 0.05) is 24.5 Å². The minimum Gasteiger partial charge on any atom is -0.464 e. The van der Waals surface area contributed by atoms with Gasteiger partial charge in [0.15, 0.2) is 0 Å². The Kier molecular flexibility index (Phi) is 2.88. The Hall–Kier alpha value is -2.42. The first kappa shape index (κ1) is 11.7. The van der Waals surface area contributed by atoms with E-state index in [1.165, 1.54) is 5.56 Å². The van der Waals surface area contributed by atoms with Crippen LogP contribution < -0.4 is 10.6 Å². The fourth-order valence-electron chi connectivity index (χ4n) is 2.33. The van der Waals surface area contributed by atoms with Gasteiger partial charge in [-0.2, -0.15) is 0 Å². The first-order valence-electron chi connectivity index (χ1n) is 6.26. The van der Waals surface area contributed by atoms with Gasteiger partial charge >= 0.3 is 0 Å². The van der Waals surface area contributed by atoms with Crippen molar-refractivity contribution < 1.29 is 4.42 Å². The lowest BCUT2D eigenvalue weighted by Crippen LogP contribution is -2.17. The highest BCUT2D eigenvalue weighted by Crippen LogP contribution is 2.26. The van der Waals surface area contributed by atoms with Crippen LogP contribution >= 0.6 is 0 Å². The number of nitrogens with two attached hydrogens (primary N) is 1. The van der Waals surface area contributed by atoms with E-state index >= 15 is 0 Å². The van der Waals surface area contributed by atoms with Gasteiger partial charge in [-0.05, 0) is 18.2 Å². The molecule has 1 aromatic heterocycles. The van der Waals surface area contributed by atoms with Crippen molar-refractivity contribution in [3.63, 3.8) is 0 Å². The molecule has 0 aliphatic heterocycles. The molecule has 0 atom stereocenters. The summed E-state index contributed by atoms with van der Waals surface area (Å²) in [6, 6.07) is 15.9. The molecule has 0 amide bonds. The molecule has 3 rings (SSSR count). The van der Waals surface area contributed by atoms with Crippen LogP contribution in [0, 0.1) is 0 Å². The normalized spacial score (nSPS) is 10.8. The number of nitrogens with zero attached hydrogens (tertiary/aromatic N) is 1. The quantitative estimate of drug-likeness (QED) is 0.723. The molecule has 0 aliphatic rings. The van der Waals surface area contributed by atoms with Crippen molar-refractivity contribution in [1.29, 1.82) is 0 Å². The van der Waals surface area contributed by atoms with E-state index < -0.39 is 0 Å². The molecular formula is C16H16N2O. The van der Waals surface area contributed by atoms with Gasteiger partial charge in [0.2, 0.25) is 0 Å². The van der Waals surface area contributed by atoms with Gasteiger partial charge in [-0.25, -0.2) is 0 Å². The van der Waals surface area contributed by atoms with Crippen LogP contribution in [0.15, 0.2) is 59.2 Å². The molecule has 0 bridgehead atoms. The molecule has 1 heterocycles. The number of rotatable bonds is 3. The monoisotopic (exact) mass is 252 g/mol. The molecule has 3 heteroatoms. The second-order valence-corrected chi connectivity index (χ2v) is 4.67. The molecule has 3 nitrogen and oxygen atoms in total. The van der Waals surface area contributed by atoms with Crippen LogP contribution in [-0.4, -0.2) is 7.05 Å². The Morgan fingerprint density at radius 1 is 1.05 bits per heavy atom. The Morgan fingerprint density at radius 2 is 1.79 bits per heavy atom. The van der Waals surface area contributed by atoms with Crippen molar-refractivity contribution in [2.45, 2.75) is 6.54 Å². The maximum atomic E-state index is 6.00. The van der Waals surface area contributed by atoms with Crippen LogP contribution in [0.5, 0.6) is 0 Å². The minimum absolute atomic E-state index is 0.769. The molecule has 0 saturated heterocycles.